The van der Waals surface area contributed by atoms with E-state index in [1.165, 1.54) is 4.90 Å². The van der Waals surface area contributed by atoms with Crippen molar-refractivity contribution in [3.05, 3.63) is 108 Å². The Kier molecular flexibility index (Phi) is 10.4. The summed E-state index contributed by atoms with van der Waals surface area (Å²) in [6.07, 6.45) is 1.08. The molecule has 9 heteroatoms. The molecule has 37 heavy (non-hydrogen) atoms. The Bertz CT molecular complexity index is 1240. The lowest BCUT2D eigenvalue weighted by Gasteiger charge is -2.33. The molecule has 3 rings (SSSR count). The molecule has 0 spiro atoms. The van der Waals surface area contributed by atoms with Crippen LogP contribution in [0.15, 0.2) is 91.0 Å². The molecule has 2 amide bonds. The SMILES string of the molecule is COCCNC(=O)[C@H](c1ccccc1)N(Cc1ccccc1)C(=O)CN(Cc1ccccc1)S(C)(=O)=O. The molecule has 0 fully saturated rings. The zero-order valence-corrected chi connectivity index (χ0v) is 21.9. The summed E-state index contributed by atoms with van der Waals surface area (Å²) in [6.45, 7) is 0.351. The van der Waals surface area contributed by atoms with Gasteiger partial charge in [-0.25, -0.2) is 8.42 Å². The fraction of sp³-hybridized carbons (Fsp3) is 0.286. The third kappa shape index (κ3) is 8.52. The van der Waals surface area contributed by atoms with Crippen LogP contribution in [0.4, 0.5) is 0 Å². The number of carbonyl (C=O) groups is 2. The monoisotopic (exact) mass is 523 g/mol. The van der Waals surface area contributed by atoms with Crippen LogP contribution >= 0.6 is 0 Å². The van der Waals surface area contributed by atoms with Crippen LogP contribution < -0.4 is 5.32 Å². The Hall–Kier alpha value is -3.53. The highest BCUT2D eigenvalue weighted by Gasteiger charge is 2.33. The number of rotatable bonds is 13. The molecule has 0 saturated carbocycles. The van der Waals surface area contributed by atoms with Crippen molar-refractivity contribution in [2.75, 3.05) is 33.1 Å². The number of amides is 2. The first kappa shape index (κ1) is 28.0. The molecule has 0 bridgehead atoms. The number of sulfonamides is 1. The Morgan fingerprint density at radius 3 is 1.86 bits per heavy atom. The molecule has 0 radical (unpaired) electrons. The Morgan fingerprint density at radius 1 is 0.838 bits per heavy atom. The Balaban J connectivity index is 1.98. The van der Waals surface area contributed by atoms with E-state index < -0.39 is 28.5 Å². The second-order valence-corrected chi connectivity index (χ2v) is 10.6. The standard InChI is InChI=1S/C28H33N3O5S/c1-36-19-18-29-28(33)27(25-16-10-5-11-17-25)31(21-24-14-8-4-9-15-24)26(32)22-30(37(2,34)35)20-23-12-6-3-7-13-23/h3-17,27H,18-22H2,1-2H3,(H,29,33)/t27-/m0/s1. The molecule has 0 unspecified atom stereocenters. The molecular weight excluding hydrogens is 490 g/mol. The number of nitrogens with zero attached hydrogens (tertiary/aromatic N) is 2. The van der Waals surface area contributed by atoms with Gasteiger partial charge < -0.3 is 15.0 Å². The maximum atomic E-state index is 13.9. The average molecular weight is 524 g/mol. The maximum absolute atomic E-state index is 13.9. The van der Waals surface area contributed by atoms with Crippen molar-refractivity contribution in [3.63, 3.8) is 0 Å². The Labute approximate surface area is 218 Å². The van der Waals surface area contributed by atoms with Gasteiger partial charge in [0.05, 0.1) is 19.4 Å². The van der Waals surface area contributed by atoms with Crippen molar-refractivity contribution in [1.82, 2.24) is 14.5 Å². The van der Waals surface area contributed by atoms with Gasteiger partial charge in [-0.3, -0.25) is 9.59 Å². The summed E-state index contributed by atoms with van der Waals surface area (Å²) in [4.78, 5) is 28.7. The lowest BCUT2D eigenvalue weighted by molar-refractivity contribution is -0.141. The van der Waals surface area contributed by atoms with Gasteiger partial charge in [-0.1, -0.05) is 91.0 Å². The molecule has 0 aliphatic rings. The van der Waals surface area contributed by atoms with Crippen LogP contribution in [0.5, 0.6) is 0 Å². The minimum absolute atomic E-state index is 0.0423. The van der Waals surface area contributed by atoms with Crippen LogP contribution in [-0.2, 0) is 37.4 Å². The summed E-state index contributed by atoms with van der Waals surface area (Å²) < 4.78 is 31.5. The van der Waals surface area contributed by atoms with Gasteiger partial charge >= 0.3 is 0 Å². The summed E-state index contributed by atoms with van der Waals surface area (Å²) in [6, 6.07) is 26.4. The molecule has 0 heterocycles. The molecule has 0 aliphatic heterocycles. The van der Waals surface area contributed by atoms with Crippen LogP contribution in [0.25, 0.3) is 0 Å². The van der Waals surface area contributed by atoms with Crippen molar-refractivity contribution in [3.8, 4) is 0 Å². The smallest absolute Gasteiger partial charge is 0.247 e. The number of carbonyl (C=O) groups excluding carboxylic acids is 2. The average Bonchev–Trinajstić information content (AvgIpc) is 2.89. The van der Waals surface area contributed by atoms with Crippen LogP contribution in [-0.4, -0.2) is 62.5 Å². The van der Waals surface area contributed by atoms with Gasteiger partial charge in [-0.2, -0.15) is 4.31 Å². The van der Waals surface area contributed by atoms with E-state index in [-0.39, 0.29) is 25.5 Å². The van der Waals surface area contributed by atoms with Gasteiger partial charge in [-0.15, -0.1) is 0 Å². The van der Waals surface area contributed by atoms with Gasteiger partial charge in [0.25, 0.3) is 0 Å². The molecule has 196 valence electrons. The van der Waals surface area contributed by atoms with E-state index in [2.05, 4.69) is 5.32 Å². The van der Waals surface area contributed by atoms with Crippen molar-refractivity contribution in [1.29, 1.82) is 0 Å². The fourth-order valence-electron chi connectivity index (χ4n) is 3.90. The van der Waals surface area contributed by atoms with Gasteiger partial charge in [0, 0.05) is 26.7 Å². The predicted molar refractivity (Wildman–Crippen MR) is 143 cm³/mol. The highest BCUT2D eigenvalue weighted by molar-refractivity contribution is 7.88. The molecule has 3 aromatic rings. The third-order valence-corrected chi connectivity index (χ3v) is 6.98. The largest absolute Gasteiger partial charge is 0.383 e. The molecule has 3 aromatic carbocycles. The van der Waals surface area contributed by atoms with E-state index in [1.54, 1.807) is 43.5 Å². The van der Waals surface area contributed by atoms with E-state index >= 15 is 0 Å². The number of hydrogen-bond acceptors (Lipinski definition) is 5. The summed E-state index contributed by atoms with van der Waals surface area (Å²) in [5.41, 5.74) is 2.19. The van der Waals surface area contributed by atoms with E-state index in [9.17, 15) is 18.0 Å². The van der Waals surface area contributed by atoms with Gasteiger partial charge in [0.15, 0.2) is 0 Å². The quantitative estimate of drug-likeness (QED) is 0.348. The number of benzene rings is 3. The fourth-order valence-corrected chi connectivity index (χ4v) is 4.63. The molecular formula is C28H33N3O5S. The number of methoxy groups -OCH3 is 1. The van der Waals surface area contributed by atoms with Crippen molar-refractivity contribution in [2.45, 2.75) is 19.1 Å². The van der Waals surface area contributed by atoms with Gasteiger partial charge in [0.1, 0.15) is 6.04 Å². The minimum Gasteiger partial charge on any atom is -0.383 e. The highest BCUT2D eigenvalue weighted by atomic mass is 32.2. The van der Waals surface area contributed by atoms with Crippen molar-refractivity contribution in [2.24, 2.45) is 0 Å². The second kappa shape index (κ2) is 13.7. The van der Waals surface area contributed by atoms with Crippen LogP contribution in [0, 0.1) is 0 Å². The van der Waals surface area contributed by atoms with E-state index in [1.807, 2.05) is 54.6 Å². The van der Waals surface area contributed by atoms with Crippen molar-refractivity contribution >= 4 is 21.8 Å². The first-order chi connectivity index (χ1) is 17.8. The number of ether oxygens (including phenoxy) is 1. The summed E-state index contributed by atoms with van der Waals surface area (Å²) in [5.74, 6) is -0.859. The predicted octanol–water partition coefficient (Wildman–Crippen LogP) is 2.98. The number of nitrogens with one attached hydrogen (secondary N) is 1. The molecule has 8 nitrogen and oxygen atoms in total. The molecule has 1 atom stereocenters. The van der Waals surface area contributed by atoms with Gasteiger partial charge in [-0.05, 0) is 16.7 Å². The van der Waals surface area contributed by atoms with Crippen LogP contribution in [0.3, 0.4) is 0 Å². The molecule has 0 aliphatic carbocycles. The Morgan fingerprint density at radius 2 is 1.35 bits per heavy atom. The lowest BCUT2D eigenvalue weighted by Crippen LogP contribution is -2.48. The van der Waals surface area contributed by atoms with Crippen molar-refractivity contribution < 1.29 is 22.7 Å². The van der Waals surface area contributed by atoms with Crippen LogP contribution in [0.1, 0.15) is 22.7 Å². The molecule has 0 aromatic heterocycles. The highest BCUT2D eigenvalue weighted by Crippen LogP contribution is 2.25. The molecule has 1 N–H and O–H groups in total. The summed E-state index contributed by atoms with van der Waals surface area (Å²) in [7, 11) is -2.18. The molecule has 0 saturated heterocycles. The zero-order chi connectivity index (χ0) is 26.7. The first-order valence-corrected chi connectivity index (χ1v) is 13.8. The van der Waals surface area contributed by atoms with E-state index in [0.717, 1.165) is 21.7 Å². The topological polar surface area (TPSA) is 96.0 Å². The van der Waals surface area contributed by atoms with E-state index in [4.69, 9.17) is 4.74 Å². The maximum Gasteiger partial charge on any atom is 0.247 e. The summed E-state index contributed by atoms with van der Waals surface area (Å²) >= 11 is 0. The first-order valence-electron chi connectivity index (χ1n) is 11.9. The number of hydrogen-bond donors (Lipinski definition) is 1. The lowest BCUT2D eigenvalue weighted by atomic mass is 10.0. The van der Waals surface area contributed by atoms with E-state index in [0.29, 0.717) is 12.2 Å². The zero-order valence-electron chi connectivity index (χ0n) is 21.1. The van der Waals surface area contributed by atoms with Crippen LogP contribution in [0.2, 0.25) is 0 Å². The van der Waals surface area contributed by atoms with Gasteiger partial charge in [0.2, 0.25) is 21.8 Å². The second-order valence-electron chi connectivity index (χ2n) is 8.62. The normalized spacial score (nSPS) is 12.2. The summed E-state index contributed by atoms with van der Waals surface area (Å²) in [5, 5.41) is 2.84. The third-order valence-electron chi connectivity index (χ3n) is 5.78. The minimum atomic E-state index is -3.72.